The van der Waals surface area contributed by atoms with E-state index in [-0.39, 0.29) is 22.7 Å². The first-order chi connectivity index (χ1) is 14.7. The van der Waals surface area contributed by atoms with Gasteiger partial charge in [-0.2, -0.15) is 0 Å². The molecule has 0 unspecified atom stereocenters. The molecular weight excluding hydrogens is 380 g/mol. The first-order valence-corrected chi connectivity index (χ1v) is 10.8. The van der Waals surface area contributed by atoms with Gasteiger partial charge in [0, 0.05) is 32.2 Å². The van der Waals surface area contributed by atoms with Gasteiger partial charge >= 0.3 is 0 Å². The van der Waals surface area contributed by atoms with Gasteiger partial charge in [0.05, 0.1) is 11.9 Å². The van der Waals surface area contributed by atoms with Crippen LogP contribution in [0.2, 0.25) is 0 Å². The molecule has 2 aromatic heterocycles. The quantitative estimate of drug-likeness (QED) is 0.720. The van der Waals surface area contributed by atoms with Crippen LogP contribution in [0.1, 0.15) is 42.6 Å². The standard InChI is InChI=1S/C22H26N6O2/c29-21-20-19(24-25-28(20)15-18(23-21)16-7-3-1-4-8-16)22(30)27-13-11-26(12-14-27)17-9-5-2-6-10-17/h1,3-4,7-8,15,17H,2,5-6,9-14H2,(H,23,29). The SMILES string of the molecule is O=C(c1nnn2cc(-c3ccccc3)[nH]c(=O)c12)N1CCN(C2CCCCC2)CC1. The van der Waals surface area contributed by atoms with Crippen LogP contribution in [0.15, 0.2) is 41.3 Å². The van der Waals surface area contributed by atoms with Crippen LogP contribution in [0.5, 0.6) is 0 Å². The van der Waals surface area contributed by atoms with Crippen molar-refractivity contribution in [1.29, 1.82) is 0 Å². The molecule has 0 atom stereocenters. The van der Waals surface area contributed by atoms with Crippen LogP contribution in [-0.4, -0.2) is 67.7 Å². The number of aromatic amines is 1. The molecule has 1 aliphatic heterocycles. The lowest BCUT2D eigenvalue weighted by Crippen LogP contribution is -2.52. The van der Waals surface area contributed by atoms with Crippen LogP contribution < -0.4 is 5.56 Å². The zero-order valence-corrected chi connectivity index (χ0v) is 17.0. The minimum atomic E-state index is -0.356. The molecular formula is C22H26N6O2. The van der Waals surface area contributed by atoms with Gasteiger partial charge in [0.1, 0.15) is 0 Å². The lowest BCUT2D eigenvalue weighted by atomic mass is 9.94. The molecule has 0 radical (unpaired) electrons. The van der Waals surface area contributed by atoms with E-state index in [1.54, 1.807) is 11.1 Å². The number of benzene rings is 1. The second-order valence-electron chi connectivity index (χ2n) is 8.21. The van der Waals surface area contributed by atoms with E-state index in [1.807, 2.05) is 30.3 Å². The number of nitrogens with one attached hydrogen (secondary N) is 1. The summed E-state index contributed by atoms with van der Waals surface area (Å²) in [4.78, 5) is 33.1. The van der Waals surface area contributed by atoms with Gasteiger partial charge < -0.3 is 9.88 Å². The smallest absolute Gasteiger partial charge is 0.277 e. The number of aromatic nitrogens is 4. The number of carbonyl (C=O) groups excluding carboxylic acids is 1. The first kappa shape index (κ1) is 19.0. The van der Waals surface area contributed by atoms with Crippen molar-refractivity contribution in [2.24, 2.45) is 0 Å². The Bertz CT molecular complexity index is 1090. The van der Waals surface area contributed by atoms with Crippen LogP contribution in [0.4, 0.5) is 0 Å². The van der Waals surface area contributed by atoms with Gasteiger partial charge in [-0.1, -0.05) is 54.8 Å². The summed E-state index contributed by atoms with van der Waals surface area (Å²) in [5, 5.41) is 8.12. The fourth-order valence-electron chi connectivity index (χ4n) is 4.73. The van der Waals surface area contributed by atoms with E-state index < -0.39 is 0 Å². The van der Waals surface area contributed by atoms with Gasteiger partial charge in [0.25, 0.3) is 11.5 Å². The molecule has 0 spiro atoms. The topological polar surface area (TPSA) is 86.6 Å². The Balaban J connectivity index is 1.35. The number of amides is 1. The Morgan fingerprint density at radius 1 is 1.00 bits per heavy atom. The summed E-state index contributed by atoms with van der Waals surface area (Å²) in [5.74, 6) is -0.216. The molecule has 8 heteroatoms. The molecule has 0 bridgehead atoms. The second kappa shape index (κ2) is 8.02. The molecule has 3 heterocycles. The third-order valence-electron chi connectivity index (χ3n) is 6.39. The summed E-state index contributed by atoms with van der Waals surface area (Å²) in [6, 6.07) is 10.2. The fourth-order valence-corrected chi connectivity index (χ4v) is 4.73. The highest BCUT2D eigenvalue weighted by molar-refractivity contribution is 5.98. The fraction of sp³-hybridized carbons (Fsp3) is 0.455. The van der Waals surface area contributed by atoms with Gasteiger partial charge in [-0.05, 0) is 18.4 Å². The summed E-state index contributed by atoms with van der Waals surface area (Å²) in [7, 11) is 0. The second-order valence-corrected chi connectivity index (χ2v) is 8.21. The molecule has 1 saturated carbocycles. The normalized spacial score (nSPS) is 18.7. The zero-order valence-electron chi connectivity index (χ0n) is 17.0. The summed E-state index contributed by atoms with van der Waals surface area (Å²) in [6.45, 7) is 3.08. The van der Waals surface area contributed by atoms with Crippen molar-refractivity contribution in [3.05, 3.63) is 52.6 Å². The summed E-state index contributed by atoms with van der Waals surface area (Å²) < 4.78 is 1.41. The van der Waals surface area contributed by atoms with E-state index in [1.165, 1.54) is 36.6 Å². The third kappa shape index (κ3) is 3.52. The van der Waals surface area contributed by atoms with Gasteiger partial charge in [-0.15, -0.1) is 5.10 Å². The highest BCUT2D eigenvalue weighted by Gasteiger charge is 2.30. The summed E-state index contributed by atoms with van der Waals surface area (Å²) in [6.07, 6.45) is 8.20. The number of nitrogens with zero attached hydrogens (tertiary/aromatic N) is 5. The molecule has 30 heavy (non-hydrogen) atoms. The van der Waals surface area contributed by atoms with E-state index in [2.05, 4.69) is 20.2 Å². The first-order valence-electron chi connectivity index (χ1n) is 10.8. The zero-order chi connectivity index (χ0) is 20.5. The Morgan fingerprint density at radius 3 is 2.47 bits per heavy atom. The van der Waals surface area contributed by atoms with Crippen molar-refractivity contribution >= 4 is 11.4 Å². The molecule has 1 N–H and O–H groups in total. The highest BCUT2D eigenvalue weighted by Crippen LogP contribution is 2.24. The maximum atomic E-state index is 13.1. The number of hydrogen-bond acceptors (Lipinski definition) is 5. The van der Waals surface area contributed by atoms with Crippen LogP contribution in [0.25, 0.3) is 16.8 Å². The monoisotopic (exact) mass is 406 g/mol. The van der Waals surface area contributed by atoms with E-state index in [9.17, 15) is 9.59 Å². The largest absolute Gasteiger partial charge is 0.335 e. The minimum Gasteiger partial charge on any atom is -0.335 e. The third-order valence-corrected chi connectivity index (χ3v) is 6.39. The minimum absolute atomic E-state index is 0.127. The predicted octanol–water partition coefficient (Wildman–Crippen LogP) is 2.18. The molecule has 1 aromatic carbocycles. The number of fused-ring (bicyclic) bond motifs is 1. The number of carbonyl (C=O) groups is 1. The Labute approximate surface area is 174 Å². The van der Waals surface area contributed by atoms with E-state index in [4.69, 9.17) is 0 Å². The molecule has 2 aliphatic rings. The van der Waals surface area contributed by atoms with Crippen molar-refractivity contribution in [3.8, 4) is 11.3 Å². The lowest BCUT2D eigenvalue weighted by Gasteiger charge is -2.40. The Morgan fingerprint density at radius 2 is 1.73 bits per heavy atom. The Kier molecular flexibility index (Phi) is 5.08. The number of H-pyrrole nitrogens is 1. The van der Waals surface area contributed by atoms with Gasteiger partial charge in [-0.3, -0.25) is 14.5 Å². The molecule has 1 aliphatic carbocycles. The molecule has 156 valence electrons. The molecule has 5 rings (SSSR count). The van der Waals surface area contributed by atoms with Gasteiger partial charge in [0.15, 0.2) is 11.2 Å². The van der Waals surface area contributed by atoms with E-state index >= 15 is 0 Å². The summed E-state index contributed by atoms with van der Waals surface area (Å²) >= 11 is 0. The van der Waals surface area contributed by atoms with Crippen molar-refractivity contribution < 1.29 is 4.79 Å². The molecule has 8 nitrogen and oxygen atoms in total. The average molecular weight is 406 g/mol. The predicted molar refractivity (Wildman–Crippen MR) is 113 cm³/mol. The van der Waals surface area contributed by atoms with Crippen LogP contribution in [-0.2, 0) is 0 Å². The lowest BCUT2D eigenvalue weighted by molar-refractivity contribution is 0.0520. The van der Waals surface area contributed by atoms with Crippen molar-refractivity contribution in [3.63, 3.8) is 0 Å². The van der Waals surface area contributed by atoms with Crippen molar-refractivity contribution in [1.82, 2.24) is 29.6 Å². The number of rotatable bonds is 3. The molecule has 2 fully saturated rings. The van der Waals surface area contributed by atoms with Crippen molar-refractivity contribution in [2.75, 3.05) is 26.2 Å². The van der Waals surface area contributed by atoms with Gasteiger partial charge in [-0.25, -0.2) is 4.52 Å². The number of piperazine rings is 1. The number of hydrogen-bond donors (Lipinski definition) is 1. The van der Waals surface area contributed by atoms with Crippen molar-refractivity contribution in [2.45, 2.75) is 38.1 Å². The van der Waals surface area contributed by atoms with Gasteiger partial charge in [0.2, 0.25) is 0 Å². The molecule has 1 amide bonds. The Hall–Kier alpha value is -3.00. The maximum Gasteiger partial charge on any atom is 0.277 e. The maximum absolute atomic E-state index is 13.1. The van der Waals surface area contributed by atoms with Crippen LogP contribution in [0.3, 0.4) is 0 Å². The van der Waals surface area contributed by atoms with E-state index in [0.717, 1.165) is 18.7 Å². The summed E-state index contributed by atoms with van der Waals surface area (Å²) in [5.41, 5.74) is 1.48. The average Bonchev–Trinajstić information content (AvgIpc) is 3.25. The highest BCUT2D eigenvalue weighted by atomic mass is 16.2. The van der Waals surface area contributed by atoms with Crippen LogP contribution in [0, 0.1) is 0 Å². The van der Waals surface area contributed by atoms with Crippen LogP contribution >= 0.6 is 0 Å². The van der Waals surface area contributed by atoms with E-state index in [0.29, 0.717) is 24.8 Å². The molecule has 1 saturated heterocycles. The molecule has 3 aromatic rings.